The number of carbonyl (C=O) groups excluding carboxylic acids is 2. The van der Waals surface area contributed by atoms with E-state index in [0.717, 1.165) is 0 Å². The minimum absolute atomic E-state index is 0.104. The van der Waals surface area contributed by atoms with Gasteiger partial charge in [-0.2, -0.15) is 13.2 Å². The molecule has 1 fully saturated rings. The van der Waals surface area contributed by atoms with Gasteiger partial charge in [0.15, 0.2) is 0 Å². The van der Waals surface area contributed by atoms with Gasteiger partial charge in [0.05, 0.1) is 0 Å². The molecular formula is C7H8ClF3N2O2. The number of hydrogen-bond donors (Lipinski definition) is 1. The number of hydrogen-bond acceptors (Lipinski definition) is 2. The summed E-state index contributed by atoms with van der Waals surface area (Å²) in [5.74, 6) is -1.42. The standard InChI is InChI=1S/C7H8ClF3N2O2/c1-6(7(9,10)11)4(14)13(3-2-8)5(15)12-6/h2-3H2,1H3,(H,12,15). The van der Waals surface area contributed by atoms with Crippen molar-refractivity contribution in [2.75, 3.05) is 12.4 Å². The van der Waals surface area contributed by atoms with Crippen LogP contribution in [0.25, 0.3) is 0 Å². The molecule has 0 aromatic heterocycles. The van der Waals surface area contributed by atoms with E-state index < -0.39 is 23.7 Å². The van der Waals surface area contributed by atoms with Crippen molar-refractivity contribution in [2.45, 2.75) is 18.6 Å². The van der Waals surface area contributed by atoms with E-state index in [1.165, 1.54) is 0 Å². The van der Waals surface area contributed by atoms with Crippen LogP contribution in [-0.2, 0) is 4.79 Å². The first-order valence-corrected chi connectivity index (χ1v) is 4.54. The van der Waals surface area contributed by atoms with E-state index in [1.54, 1.807) is 5.32 Å². The van der Waals surface area contributed by atoms with Crippen LogP contribution in [0.4, 0.5) is 18.0 Å². The summed E-state index contributed by atoms with van der Waals surface area (Å²) in [6.45, 7) is 0.388. The van der Waals surface area contributed by atoms with Gasteiger partial charge in [-0.3, -0.25) is 9.69 Å². The predicted octanol–water partition coefficient (Wildman–Crippen LogP) is 1.10. The van der Waals surface area contributed by atoms with Gasteiger partial charge in [0, 0.05) is 12.4 Å². The number of alkyl halides is 4. The van der Waals surface area contributed by atoms with Gasteiger partial charge in [0.1, 0.15) is 0 Å². The average molecular weight is 245 g/mol. The second kappa shape index (κ2) is 3.55. The molecule has 0 bridgehead atoms. The number of rotatable bonds is 2. The van der Waals surface area contributed by atoms with Crippen molar-refractivity contribution in [3.05, 3.63) is 0 Å². The summed E-state index contributed by atoms with van der Waals surface area (Å²) in [7, 11) is 0. The Morgan fingerprint density at radius 3 is 2.33 bits per heavy atom. The highest BCUT2D eigenvalue weighted by Gasteiger charge is 2.64. The molecule has 0 aromatic carbocycles. The van der Waals surface area contributed by atoms with Gasteiger partial charge in [-0.15, -0.1) is 11.6 Å². The van der Waals surface area contributed by atoms with Gasteiger partial charge in [0.25, 0.3) is 5.91 Å². The van der Waals surface area contributed by atoms with Crippen molar-refractivity contribution >= 4 is 23.5 Å². The molecule has 86 valence electrons. The highest BCUT2D eigenvalue weighted by Crippen LogP contribution is 2.34. The third-order valence-electron chi connectivity index (χ3n) is 2.15. The van der Waals surface area contributed by atoms with Crippen molar-refractivity contribution in [3.63, 3.8) is 0 Å². The quantitative estimate of drug-likeness (QED) is 0.584. The van der Waals surface area contributed by atoms with Crippen LogP contribution in [0.15, 0.2) is 0 Å². The van der Waals surface area contributed by atoms with Gasteiger partial charge >= 0.3 is 12.2 Å². The molecule has 15 heavy (non-hydrogen) atoms. The van der Waals surface area contributed by atoms with E-state index >= 15 is 0 Å². The SMILES string of the molecule is CC1(C(F)(F)F)NC(=O)N(CCCl)C1=O. The van der Waals surface area contributed by atoms with Crippen LogP contribution in [0.5, 0.6) is 0 Å². The molecule has 1 atom stereocenters. The summed E-state index contributed by atoms with van der Waals surface area (Å²) < 4.78 is 37.5. The van der Waals surface area contributed by atoms with Crippen molar-refractivity contribution in [3.8, 4) is 0 Å². The number of urea groups is 1. The molecule has 1 unspecified atom stereocenters. The second-order valence-electron chi connectivity index (χ2n) is 3.20. The minimum atomic E-state index is -4.82. The van der Waals surface area contributed by atoms with Crippen molar-refractivity contribution in [2.24, 2.45) is 0 Å². The predicted molar refractivity (Wildman–Crippen MR) is 45.4 cm³/mol. The first kappa shape index (κ1) is 12.1. The highest BCUT2D eigenvalue weighted by atomic mass is 35.5. The van der Waals surface area contributed by atoms with Crippen LogP contribution in [0.3, 0.4) is 0 Å². The number of nitrogens with zero attached hydrogens (tertiary/aromatic N) is 1. The summed E-state index contributed by atoms with van der Waals surface area (Å²) in [4.78, 5) is 22.9. The number of amides is 3. The lowest BCUT2D eigenvalue weighted by atomic mass is 10.0. The Kier molecular flexibility index (Phi) is 2.86. The van der Waals surface area contributed by atoms with Gasteiger partial charge < -0.3 is 5.32 Å². The second-order valence-corrected chi connectivity index (χ2v) is 3.58. The summed E-state index contributed by atoms with van der Waals surface area (Å²) >= 11 is 5.26. The Morgan fingerprint density at radius 1 is 1.47 bits per heavy atom. The molecule has 1 saturated heterocycles. The van der Waals surface area contributed by atoms with Crippen LogP contribution in [0.2, 0.25) is 0 Å². The molecule has 1 aliphatic heterocycles. The Bertz CT molecular complexity index is 307. The summed E-state index contributed by atoms with van der Waals surface area (Å²) in [5.41, 5.74) is -2.84. The Labute approximate surface area is 88.4 Å². The lowest BCUT2D eigenvalue weighted by Gasteiger charge is -2.24. The summed E-state index contributed by atoms with van der Waals surface area (Å²) in [5, 5.41) is 1.61. The van der Waals surface area contributed by atoms with Gasteiger partial charge in [0.2, 0.25) is 5.54 Å². The smallest absolute Gasteiger partial charge is 0.316 e. The van der Waals surface area contributed by atoms with E-state index in [0.29, 0.717) is 11.8 Å². The zero-order valence-electron chi connectivity index (χ0n) is 7.69. The molecule has 1 rings (SSSR count). The molecule has 0 aliphatic carbocycles. The topological polar surface area (TPSA) is 49.4 Å². The number of nitrogens with one attached hydrogen (secondary N) is 1. The fourth-order valence-electron chi connectivity index (χ4n) is 1.18. The van der Waals surface area contributed by atoms with E-state index in [9.17, 15) is 22.8 Å². The molecule has 3 amide bonds. The van der Waals surface area contributed by atoms with Crippen LogP contribution < -0.4 is 5.32 Å². The van der Waals surface area contributed by atoms with E-state index in [-0.39, 0.29) is 12.4 Å². The van der Waals surface area contributed by atoms with E-state index in [4.69, 9.17) is 11.6 Å². The molecule has 1 N–H and O–H groups in total. The molecule has 1 heterocycles. The fraction of sp³-hybridized carbons (Fsp3) is 0.714. The average Bonchev–Trinajstić information content (AvgIpc) is 2.29. The van der Waals surface area contributed by atoms with Crippen molar-refractivity contribution in [1.82, 2.24) is 10.2 Å². The molecule has 0 spiro atoms. The maximum absolute atomic E-state index is 12.5. The van der Waals surface area contributed by atoms with Gasteiger partial charge in [-0.05, 0) is 6.92 Å². The van der Waals surface area contributed by atoms with Crippen molar-refractivity contribution < 1.29 is 22.8 Å². The van der Waals surface area contributed by atoms with Crippen LogP contribution in [0, 0.1) is 0 Å². The lowest BCUT2D eigenvalue weighted by molar-refractivity contribution is -0.190. The van der Waals surface area contributed by atoms with Crippen LogP contribution >= 0.6 is 11.6 Å². The van der Waals surface area contributed by atoms with E-state index in [2.05, 4.69) is 0 Å². The normalized spacial score (nSPS) is 27.1. The Morgan fingerprint density at radius 2 is 2.00 bits per heavy atom. The first-order chi connectivity index (χ1) is 6.74. The Hall–Kier alpha value is -0.980. The fourth-order valence-corrected chi connectivity index (χ4v) is 1.35. The molecule has 1 aliphatic rings. The monoisotopic (exact) mass is 244 g/mol. The summed E-state index contributed by atoms with van der Waals surface area (Å²) in [6.07, 6.45) is -4.82. The zero-order valence-corrected chi connectivity index (χ0v) is 8.45. The van der Waals surface area contributed by atoms with Gasteiger partial charge in [-0.25, -0.2) is 4.79 Å². The van der Waals surface area contributed by atoms with Crippen LogP contribution in [-0.4, -0.2) is 41.0 Å². The van der Waals surface area contributed by atoms with E-state index in [1.807, 2.05) is 0 Å². The first-order valence-electron chi connectivity index (χ1n) is 4.01. The van der Waals surface area contributed by atoms with Crippen LogP contribution in [0.1, 0.15) is 6.92 Å². The third-order valence-corrected chi connectivity index (χ3v) is 2.32. The lowest BCUT2D eigenvalue weighted by Crippen LogP contribution is -2.56. The summed E-state index contributed by atoms with van der Waals surface area (Å²) in [6, 6.07) is -1.07. The largest absolute Gasteiger partial charge is 0.420 e. The maximum atomic E-state index is 12.5. The van der Waals surface area contributed by atoms with Gasteiger partial charge in [-0.1, -0.05) is 0 Å². The number of carbonyl (C=O) groups is 2. The number of halogens is 4. The molecule has 4 nitrogen and oxygen atoms in total. The molecule has 8 heteroatoms. The number of imide groups is 1. The molecule has 0 saturated carbocycles. The maximum Gasteiger partial charge on any atom is 0.420 e. The molecular weight excluding hydrogens is 237 g/mol. The zero-order chi connectivity index (χ0) is 11.9. The third kappa shape index (κ3) is 1.75. The Balaban J connectivity index is 3.00. The molecule has 0 aromatic rings. The van der Waals surface area contributed by atoms with Crippen molar-refractivity contribution in [1.29, 1.82) is 0 Å². The minimum Gasteiger partial charge on any atom is -0.316 e. The molecule has 0 radical (unpaired) electrons. The highest BCUT2D eigenvalue weighted by molar-refractivity contribution is 6.18.